The highest BCUT2D eigenvalue weighted by molar-refractivity contribution is 4.75. The van der Waals surface area contributed by atoms with E-state index in [1.807, 2.05) is 0 Å². The minimum Gasteiger partial charge on any atom is -0.381 e. The van der Waals surface area contributed by atoms with E-state index < -0.39 is 0 Å². The molecule has 2 aliphatic heterocycles. The van der Waals surface area contributed by atoms with Crippen molar-refractivity contribution >= 4 is 0 Å². The number of ether oxygens (including phenoxy) is 2. The van der Waals surface area contributed by atoms with E-state index in [1.165, 1.54) is 12.8 Å². The highest BCUT2D eigenvalue weighted by Gasteiger charge is 2.19. The maximum atomic E-state index is 5.62. The summed E-state index contributed by atoms with van der Waals surface area (Å²) < 4.78 is 10.9. The lowest BCUT2D eigenvalue weighted by molar-refractivity contribution is 0.0117. The van der Waals surface area contributed by atoms with Crippen molar-refractivity contribution in [3.8, 4) is 0 Å². The molecule has 70 valence electrons. The predicted octanol–water partition coefficient (Wildman–Crippen LogP) is 0.401. The van der Waals surface area contributed by atoms with Crippen LogP contribution in [0.2, 0.25) is 0 Å². The Morgan fingerprint density at radius 2 is 2.33 bits per heavy atom. The SMILES string of the molecule is C1CC(CCOC2CNC2)CO1. The first kappa shape index (κ1) is 8.48. The largest absolute Gasteiger partial charge is 0.381 e. The van der Waals surface area contributed by atoms with E-state index in [4.69, 9.17) is 9.47 Å². The Bertz CT molecular complexity index is 130. The number of rotatable bonds is 4. The van der Waals surface area contributed by atoms with Crippen LogP contribution >= 0.6 is 0 Å². The van der Waals surface area contributed by atoms with E-state index in [2.05, 4.69) is 5.32 Å². The molecule has 2 saturated heterocycles. The molecule has 0 amide bonds. The molecular weight excluding hydrogens is 154 g/mol. The van der Waals surface area contributed by atoms with Crippen molar-refractivity contribution in [3.05, 3.63) is 0 Å². The van der Waals surface area contributed by atoms with Crippen LogP contribution in [0.15, 0.2) is 0 Å². The van der Waals surface area contributed by atoms with Gasteiger partial charge >= 0.3 is 0 Å². The molecule has 0 spiro atoms. The molecule has 12 heavy (non-hydrogen) atoms. The van der Waals surface area contributed by atoms with Gasteiger partial charge in [0.25, 0.3) is 0 Å². The van der Waals surface area contributed by atoms with Gasteiger partial charge in [-0.1, -0.05) is 0 Å². The summed E-state index contributed by atoms with van der Waals surface area (Å²) >= 11 is 0. The van der Waals surface area contributed by atoms with Gasteiger partial charge in [0.2, 0.25) is 0 Å². The average molecular weight is 171 g/mol. The average Bonchev–Trinajstić information content (AvgIpc) is 2.46. The first-order valence-electron chi connectivity index (χ1n) is 4.85. The fraction of sp³-hybridized carbons (Fsp3) is 1.00. The smallest absolute Gasteiger partial charge is 0.0823 e. The quantitative estimate of drug-likeness (QED) is 0.664. The Morgan fingerprint density at radius 1 is 1.42 bits per heavy atom. The fourth-order valence-electron chi connectivity index (χ4n) is 1.59. The van der Waals surface area contributed by atoms with Crippen LogP contribution in [0.4, 0.5) is 0 Å². The van der Waals surface area contributed by atoms with E-state index in [-0.39, 0.29) is 0 Å². The van der Waals surface area contributed by atoms with Gasteiger partial charge in [0.1, 0.15) is 0 Å². The summed E-state index contributed by atoms with van der Waals surface area (Å²) in [7, 11) is 0. The lowest BCUT2D eigenvalue weighted by Crippen LogP contribution is -2.48. The molecule has 1 unspecified atom stereocenters. The molecular formula is C9H17NO2. The van der Waals surface area contributed by atoms with Gasteiger partial charge in [-0.15, -0.1) is 0 Å². The van der Waals surface area contributed by atoms with Crippen LogP contribution in [-0.4, -0.2) is 39.0 Å². The monoisotopic (exact) mass is 171 g/mol. The highest BCUT2D eigenvalue weighted by Crippen LogP contribution is 2.16. The Hall–Kier alpha value is -0.120. The zero-order valence-electron chi connectivity index (χ0n) is 7.42. The topological polar surface area (TPSA) is 30.5 Å². The third-order valence-electron chi connectivity index (χ3n) is 2.65. The van der Waals surface area contributed by atoms with Gasteiger partial charge in [-0.2, -0.15) is 0 Å². The van der Waals surface area contributed by atoms with Gasteiger partial charge in [-0.3, -0.25) is 0 Å². The predicted molar refractivity (Wildman–Crippen MR) is 46.2 cm³/mol. The lowest BCUT2D eigenvalue weighted by Gasteiger charge is -2.27. The third-order valence-corrected chi connectivity index (χ3v) is 2.65. The summed E-state index contributed by atoms with van der Waals surface area (Å²) in [6, 6.07) is 0. The Kier molecular flexibility index (Phi) is 2.98. The van der Waals surface area contributed by atoms with Crippen molar-refractivity contribution in [2.24, 2.45) is 5.92 Å². The van der Waals surface area contributed by atoms with Crippen molar-refractivity contribution < 1.29 is 9.47 Å². The van der Waals surface area contributed by atoms with E-state index in [1.54, 1.807) is 0 Å². The Morgan fingerprint density at radius 3 is 2.92 bits per heavy atom. The van der Waals surface area contributed by atoms with Crippen molar-refractivity contribution in [3.63, 3.8) is 0 Å². The zero-order chi connectivity index (χ0) is 8.23. The molecule has 1 N–H and O–H groups in total. The first-order valence-corrected chi connectivity index (χ1v) is 4.85. The van der Waals surface area contributed by atoms with Crippen molar-refractivity contribution in [2.45, 2.75) is 18.9 Å². The molecule has 0 aliphatic carbocycles. The second-order valence-corrected chi connectivity index (χ2v) is 3.67. The van der Waals surface area contributed by atoms with Crippen LogP contribution in [0.25, 0.3) is 0 Å². The number of hydrogen-bond acceptors (Lipinski definition) is 3. The molecule has 0 aromatic heterocycles. The molecule has 1 atom stereocenters. The summed E-state index contributed by atoms with van der Waals surface area (Å²) in [6.45, 7) is 4.91. The zero-order valence-corrected chi connectivity index (χ0v) is 7.42. The minimum absolute atomic E-state index is 0.493. The van der Waals surface area contributed by atoms with Gasteiger partial charge in [-0.25, -0.2) is 0 Å². The standard InChI is InChI=1S/C9H17NO2/c1-3-11-7-8(1)2-4-12-9-5-10-6-9/h8-10H,1-7H2. The second-order valence-electron chi connectivity index (χ2n) is 3.67. The minimum atomic E-state index is 0.493. The molecule has 0 saturated carbocycles. The van der Waals surface area contributed by atoms with Crippen LogP contribution in [-0.2, 0) is 9.47 Å². The van der Waals surface area contributed by atoms with Crippen LogP contribution in [0, 0.1) is 5.92 Å². The van der Waals surface area contributed by atoms with Gasteiger partial charge in [0.15, 0.2) is 0 Å². The van der Waals surface area contributed by atoms with Crippen LogP contribution in [0.3, 0.4) is 0 Å². The maximum Gasteiger partial charge on any atom is 0.0823 e. The van der Waals surface area contributed by atoms with E-state index in [9.17, 15) is 0 Å². The summed E-state index contributed by atoms with van der Waals surface area (Å²) in [5.74, 6) is 0.762. The second kappa shape index (κ2) is 4.21. The van der Waals surface area contributed by atoms with Crippen molar-refractivity contribution in [1.82, 2.24) is 5.32 Å². The molecule has 3 heteroatoms. The molecule has 2 rings (SSSR count). The van der Waals surface area contributed by atoms with Crippen LogP contribution < -0.4 is 5.32 Å². The van der Waals surface area contributed by atoms with Gasteiger partial charge in [0, 0.05) is 32.9 Å². The highest BCUT2D eigenvalue weighted by atomic mass is 16.5. The molecule has 0 bridgehead atoms. The summed E-state index contributed by atoms with van der Waals surface area (Å²) in [4.78, 5) is 0. The Balaban J connectivity index is 1.49. The summed E-state index contributed by atoms with van der Waals surface area (Å²) in [5, 5.41) is 3.19. The van der Waals surface area contributed by atoms with Crippen LogP contribution in [0.1, 0.15) is 12.8 Å². The maximum absolute atomic E-state index is 5.62. The van der Waals surface area contributed by atoms with Gasteiger partial charge < -0.3 is 14.8 Å². The summed E-state index contributed by atoms with van der Waals surface area (Å²) in [5.41, 5.74) is 0. The molecule has 2 aliphatic rings. The summed E-state index contributed by atoms with van der Waals surface area (Å²) in [6.07, 6.45) is 2.90. The fourth-order valence-corrected chi connectivity index (χ4v) is 1.59. The van der Waals surface area contributed by atoms with Crippen molar-refractivity contribution in [2.75, 3.05) is 32.9 Å². The van der Waals surface area contributed by atoms with E-state index in [0.717, 1.165) is 38.8 Å². The molecule has 0 aromatic carbocycles. The molecule has 0 radical (unpaired) electrons. The Labute approximate surface area is 73.4 Å². The molecule has 2 heterocycles. The number of nitrogens with one attached hydrogen (secondary N) is 1. The molecule has 2 fully saturated rings. The molecule has 3 nitrogen and oxygen atoms in total. The van der Waals surface area contributed by atoms with Crippen molar-refractivity contribution in [1.29, 1.82) is 0 Å². The van der Waals surface area contributed by atoms with Gasteiger partial charge in [0.05, 0.1) is 6.10 Å². The van der Waals surface area contributed by atoms with Crippen LogP contribution in [0.5, 0.6) is 0 Å². The normalized spacial score (nSPS) is 30.5. The van der Waals surface area contributed by atoms with E-state index >= 15 is 0 Å². The van der Waals surface area contributed by atoms with E-state index in [0.29, 0.717) is 6.10 Å². The third kappa shape index (κ3) is 2.19. The number of hydrogen-bond donors (Lipinski definition) is 1. The van der Waals surface area contributed by atoms with Gasteiger partial charge in [-0.05, 0) is 18.8 Å². The lowest BCUT2D eigenvalue weighted by atomic mass is 10.1. The first-order chi connectivity index (χ1) is 5.95. The molecule has 0 aromatic rings.